The smallest absolute Gasteiger partial charge is 0.321 e. The van der Waals surface area contributed by atoms with E-state index in [0.717, 1.165) is 37.4 Å². The van der Waals surface area contributed by atoms with Gasteiger partial charge in [0.15, 0.2) is 11.5 Å². The van der Waals surface area contributed by atoms with Gasteiger partial charge in [0.05, 0.1) is 0 Å². The van der Waals surface area contributed by atoms with Crippen molar-refractivity contribution in [3.8, 4) is 11.5 Å². The molecule has 6 heteroatoms. The van der Waals surface area contributed by atoms with Gasteiger partial charge >= 0.3 is 6.03 Å². The Balaban J connectivity index is 1.39. The van der Waals surface area contributed by atoms with Crippen molar-refractivity contribution in [3.63, 3.8) is 0 Å². The number of anilines is 2. The van der Waals surface area contributed by atoms with Crippen LogP contribution >= 0.6 is 0 Å². The lowest BCUT2D eigenvalue weighted by Crippen LogP contribution is -2.50. The molecule has 0 saturated carbocycles. The standard InChI is InChI=1S/C23H29N3O3/c1-3-17-6-5-7-18(4-2)22(17)25-10-12-26(13-11-25)23(27)24-19-8-9-20-21(16-19)29-15-14-28-20/h5-9,16H,3-4,10-15H2,1-2H3,(H,24,27). The third-order valence-corrected chi connectivity index (χ3v) is 5.64. The Hall–Kier alpha value is -2.89. The first-order valence-electron chi connectivity index (χ1n) is 10.5. The number of ether oxygens (including phenoxy) is 2. The summed E-state index contributed by atoms with van der Waals surface area (Å²) in [6.45, 7) is 8.60. The van der Waals surface area contributed by atoms with Crippen LogP contribution in [-0.2, 0) is 12.8 Å². The van der Waals surface area contributed by atoms with Gasteiger partial charge < -0.3 is 24.6 Å². The Kier molecular flexibility index (Phi) is 5.79. The van der Waals surface area contributed by atoms with Crippen LogP contribution in [0.4, 0.5) is 16.2 Å². The fourth-order valence-electron chi connectivity index (χ4n) is 4.08. The summed E-state index contributed by atoms with van der Waals surface area (Å²) in [5.41, 5.74) is 4.87. The van der Waals surface area contributed by atoms with Crippen molar-refractivity contribution < 1.29 is 14.3 Å². The van der Waals surface area contributed by atoms with Crippen LogP contribution in [0.2, 0.25) is 0 Å². The Morgan fingerprint density at radius 2 is 1.59 bits per heavy atom. The van der Waals surface area contributed by atoms with Crippen LogP contribution in [0.15, 0.2) is 36.4 Å². The lowest BCUT2D eigenvalue weighted by atomic mass is 10.0. The molecular weight excluding hydrogens is 366 g/mol. The fourth-order valence-corrected chi connectivity index (χ4v) is 4.08. The quantitative estimate of drug-likeness (QED) is 0.852. The number of rotatable bonds is 4. The van der Waals surface area contributed by atoms with Crippen LogP contribution < -0.4 is 19.7 Å². The number of carbonyl (C=O) groups excluding carboxylic acids is 1. The van der Waals surface area contributed by atoms with Gasteiger partial charge in [0.2, 0.25) is 0 Å². The maximum atomic E-state index is 12.7. The lowest BCUT2D eigenvalue weighted by molar-refractivity contribution is 0.171. The Bertz CT molecular complexity index is 853. The summed E-state index contributed by atoms with van der Waals surface area (Å²) < 4.78 is 11.1. The Morgan fingerprint density at radius 1 is 0.931 bits per heavy atom. The van der Waals surface area contributed by atoms with E-state index in [4.69, 9.17) is 9.47 Å². The second-order valence-electron chi connectivity index (χ2n) is 7.39. The molecular formula is C23H29N3O3. The SMILES string of the molecule is CCc1cccc(CC)c1N1CCN(C(=O)Nc2ccc3c(c2)OCCO3)CC1. The van der Waals surface area contributed by atoms with Gasteiger partial charge in [-0.15, -0.1) is 0 Å². The van der Waals surface area contributed by atoms with Crippen molar-refractivity contribution in [3.05, 3.63) is 47.5 Å². The summed E-state index contributed by atoms with van der Waals surface area (Å²) >= 11 is 0. The Labute approximate surface area is 172 Å². The highest BCUT2D eigenvalue weighted by atomic mass is 16.6. The van der Waals surface area contributed by atoms with Crippen LogP contribution in [-0.4, -0.2) is 50.3 Å². The van der Waals surface area contributed by atoms with Gasteiger partial charge in [0.25, 0.3) is 0 Å². The average molecular weight is 396 g/mol. The van der Waals surface area contributed by atoms with Gasteiger partial charge in [-0.05, 0) is 36.1 Å². The van der Waals surface area contributed by atoms with Crippen molar-refractivity contribution in [1.29, 1.82) is 0 Å². The van der Waals surface area contributed by atoms with Crippen LogP contribution in [0.1, 0.15) is 25.0 Å². The van der Waals surface area contributed by atoms with E-state index in [1.165, 1.54) is 16.8 Å². The number of carbonyl (C=O) groups is 1. The van der Waals surface area contributed by atoms with Gasteiger partial charge in [-0.25, -0.2) is 4.79 Å². The van der Waals surface area contributed by atoms with Crippen molar-refractivity contribution >= 4 is 17.4 Å². The molecule has 2 aromatic carbocycles. The third kappa shape index (κ3) is 4.11. The summed E-state index contributed by atoms with van der Waals surface area (Å²) in [7, 11) is 0. The molecule has 0 unspecified atom stereocenters. The van der Waals surface area contributed by atoms with E-state index in [-0.39, 0.29) is 6.03 Å². The van der Waals surface area contributed by atoms with Crippen LogP contribution in [0.3, 0.4) is 0 Å². The number of amides is 2. The molecule has 2 aliphatic heterocycles. The van der Waals surface area contributed by atoms with Gasteiger partial charge in [-0.2, -0.15) is 0 Å². The first-order chi connectivity index (χ1) is 14.2. The molecule has 29 heavy (non-hydrogen) atoms. The maximum absolute atomic E-state index is 12.7. The molecule has 1 fully saturated rings. The van der Waals surface area contributed by atoms with Crippen molar-refractivity contribution in [2.75, 3.05) is 49.6 Å². The van der Waals surface area contributed by atoms with E-state index in [9.17, 15) is 4.79 Å². The second-order valence-corrected chi connectivity index (χ2v) is 7.39. The molecule has 6 nitrogen and oxygen atoms in total. The van der Waals surface area contributed by atoms with Gasteiger partial charge in [-0.1, -0.05) is 32.0 Å². The fraction of sp³-hybridized carbons (Fsp3) is 0.435. The number of fused-ring (bicyclic) bond motifs is 1. The summed E-state index contributed by atoms with van der Waals surface area (Å²) in [6.07, 6.45) is 2.04. The molecule has 1 saturated heterocycles. The maximum Gasteiger partial charge on any atom is 0.321 e. The third-order valence-electron chi connectivity index (χ3n) is 5.64. The predicted octanol–water partition coefficient (Wildman–Crippen LogP) is 3.94. The van der Waals surface area contributed by atoms with Crippen molar-refractivity contribution in [1.82, 2.24) is 4.90 Å². The number of piperazine rings is 1. The first-order valence-corrected chi connectivity index (χ1v) is 10.5. The van der Waals surface area contributed by atoms with Crippen LogP contribution in [0, 0.1) is 0 Å². The summed E-state index contributed by atoms with van der Waals surface area (Å²) in [5, 5.41) is 2.99. The summed E-state index contributed by atoms with van der Waals surface area (Å²) in [4.78, 5) is 17.1. The molecule has 0 bridgehead atoms. The van der Waals surface area contributed by atoms with Crippen molar-refractivity contribution in [2.45, 2.75) is 26.7 Å². The zero-order valence-electron chi connectivity index (χ0n) is 17.2. The number of urea groups is 1. The zero-order chi connectivity index (χ0) is 20.2. The van der Waals surface area contributed by atoms with E-state index in [1.807, 2.05) is 23.1 Å². The highest BCUT2D eigenvalue weighted by molar-refractivity contribution is 5.90. The molecule has 0 radical (unpaired) electrons. The Morgan fingerprint density at radius 3 is 2.24 bits per heavy atom. The summed E-state index contributed by atoms with van der Waals surface area (Å²) in [6, 6.07) is 12.0. The predicted molar refractivity (Wildman–Crippen MR) is 115 cm³/mol. The molecule has 0 spiro atoms. The minimum Gasteiger partial charge on any atom is -0.486 e. The molecule has 2 aliphatic rings. The largest absolute Gasteiger partial charge is 0.486 e. The number of para-hydroxylation sites is 1. The van der Waals surface area contributed by atoms with E-state index >= 15 is 0 Å². The average Bonchev–Trinajstić information content (AvgIpc) is 2.78. The van der Waals surface area contributed by atoms with Crippen molar-refractivity contribution in [2.24, 2.45) is 0 Å². The number of hydrogen-bond acceptors (Lipinski definition) is 4. The second kappa shape index (κ2) is 8.64. The molecule has 154 valence electrons. The molecule has 0 aromatic heterocycles. The number of benzene rings is 2. The summed E-state index contributed by atoms with van der Waals surface area (Å²) in [5.74, 6) is 1.41. The van der Waals surface area contributed by atoms with E-state index in [0.29, 0.717) is 32.1 Å². The van der Waals surface area contributed by atoms with Crippen LogP contribution in [0.5, 0.6) is 11.5 Å². The van der Waals surface area contributed by atoms with Gasteiger partial charge in [0, 0.05) is 43.6 Å². The molecule has 2 aromatic rings. The van der Waals surface area contributed by atoms with E-state index in [2.05, 4.69) is 42.3 Å². The topological polar surface area (TPSA) is 54.0 Å². The number of aryl methyl sites for hydroxylation is 2. The normalized spacial score (nSPS) is 15.9. The van der Waals surface area contributed by atoms with E-state index < -0.39 is 0 Å². The van der Waals surface area contributed by atoms with Crippen LogP contribution in [0.25, 0.3) is 0 Å². The molecule has 0 atom stereocenters. The highest BCUT2D eigenvalue weighted by Crippen LogP contribution is 2.33. The minimum absolute atomic E-state index is 0.0687. The highest BCUT2D eigenvalue weighted by Gasteiger charge is 2.24. The van der Waals surface area contributed by atoms with Gasteiger partial charge in [0.1, 0.15) is 13.2 Å². The van der Waals surface area contributed by atoms with E-state index in [1.54, 1.807) is 0 Å². The zero-order valence-corrected chi connectivity index (χ0v) is 17.2. The lowest BCUT2D eigenvalue weighted by Gasteiger charge is -2.38. The number of nitrogens with one attached hydrogen (secondary N) is 1. The molecule has 4 rings (SSSR count). The number of hydrogen-bond donors (Lipinski definition) is 1. The number of nitrogens with zero attached hydrogens (tertiary/aromatic N) is 2. The van der Waals surface area contributed by atoms with Gasteiger partial charge in [-0.3, -0.25) is 0 Å². The minimum atomic E-state index is -0.0687. The molecule has 0 aliphatic carbocycles. The molecule has 1 N–H and O–H groups in total. The molecule has 2 amide bonds. The first kappa shape index (κ1) is 19.4. The molecule has 2 heterocycles. The monoisotopic (exact) mass is 395 g/mol.